The number of rotatable bonds is 1. The summed E-state index contributed by atoms with van der Waals surface area (Å²) >= 11 is 0. The van der Waals surface area contributed by atoms with Crippen LogP contribution in [0.1, 0.15) is 13.8 Å². The van der Waals surface area contributed by atoms with Crippen LogP contribution in [0.25, 0.3) is 11.3 Å². The minimum absolute atomic E-state index is 0.278. The van der Waals surface area contributed by atoms with Gasteiger partial charge in [-0.1, -0.05) is 13.8 Å². The Hall–Kier alpha value is -1.71. The predicted molar refractivity (Wildman–Crippen MR) is 55.3 cm³/mol. The highest BCUT2D eigenvalue weighted by Crippen LogP contribution is 2.19. The lowest BCUT2D eigenvalue weighted by Gasteiger charge is -1.96. The second-order valence-corrected chi connectivity index (χ2v) is 2.60. The molecule has 0 bridgehead atoms. The van der Waals surface area contributed by atoms with Crippen LogP contribution in [0.4, 0.5) is 8.78 Å². The number of nitrogens with zero attached hydrogens (tertiary/aromatic N) is 1. The molecule has 0 amide bonds. The Labute approximate surface area is 87.0 Å². The molecule has 0 spiro atoms. The van der Waals surface area contributed by atoms with Crippen LogP contribution in [-0.4, -0.2) is 10.2 Å². The highest BCUT2D eigenvalue weighted by molar-refractivity contribution is 5.58. The molecule has 0 aliphatic heterocycles. The third kappa shape index (κ3) is 2.62. The Morgan fingerprint density at radius 3 is 2.13 bits per heavy atom. The average molecular weight is 210 g/mol. The summed E-state index contributed by atoms with van der Waals surface area (Å²) in [7, 11) is 0. The summed E-state index contributed by atoms with van der Waals surface area (Å²) in [5.74, 6) is -0.782. The Bertz CT molecular complexity index is 407. The molecule has 1 N–H and O–H groups in total. The Morgan fingerprint density at radius 2 is 1.67 bits per heavy atom. The first-order valence-corrected chi connectivity index (χ1v) is 4.72. The highest BCUT2D eigenvalue weighted by atomic mass is 19.1. The van der Waals surface area contributed by atoms with Gasteiger partial charge in [-0.3, -0.25) is 5.10 Å². The van der Waals surface area contributed by atoms with Crippen LogP contribution < -0.4 is 0 Å². The van der Waals surface area contributed by atoms with Crippen LogP contribution in [0.3, 0.4) is 0 Å². The monoisotopic (exact) mass is 210 g/mol. The zero-order valence-electron chi connectivity index (χ0n) is 8.59. The molecule has 0 aliphatic rings. The molecule has 0 saturated carbocycles. The minimum atomic E-state index is -0.438. The van der Waals surface area contributed by atoms with Crippen molar-refractivity contribution in [1.29, 1.82) is 0 Å². The van der Waals surface area contributed by atoms with Crippen molar-refractivity contribution >= 4 is 0 Å². The van der Waals surface area contributed by atoms with Crippen LogP contribution in [-0.2, 0) is 0 Å². The van der Waals surface area contributed by atoms with Crippen LogP contribution in [0.2, 0.25) is 0 Å². The largest absolute Gasteiger partial charge is 0.275 e. The van der Waals surface area contributed by atoms with Crippen molar-refractivity contribution in [3.8, 4) is 11.3 Å². The van der Waals surface area contributed by atoms with Crippen LogP contribution >= 0.6 is 0 Å². The summed E-state index contributed by atoms with van der Waals surface area (Å²) in [4.78, 5) is 0. The molecule has 0 saturated heterocycles. The van der Waals surface area contributed by atoms with Crippen molar-refractivity contribution in [1.82, 2.24) is 10.2 Å². The predicted octanol–water partition coefficient (Wildman–Crippen LogP) is 3.38. The number of hydrogen-bond donors (Lipinski definition) is 1. The van der Waals surface area contributed by atoms with Gasteiger partial charge in [-0.15, -0.1) is 0 Å². The highest BCUT2D eigenvalue weighted by Gasteiger charge is 2.05. The van der Waals surface area contributed by atoms with Crippen molar-refractivity contribution in [2.24, 2.45) is 0 Å². The van der Waals surface area contributed by atoms with Gasteiger partial charge in [0.2, 0.25) is 0 Å². The third-order valence-corrected chi connectivity index (χ3v) is 1.73. The number of benzene rings is 1. The standard InChI is InChI=1S/C9H6F2N2.C2H6/c10-7-3-1-6(2-4-7)9-8(11)5-12-13-9;1-2/h1-5H,(H,12,13);1-2H3. The van der Waals surface area contributed by atoms with E-state index in [0.717, 1.165) is 6.20 Å². The number of aromatic nitrogens is 2. The van der Waals surface area contributed by atoms with Gasteiger partial charge in [-0.05, 0) is 24.3 Å². The number of aromatic amines is 1. The molecule has 1 aromatic heterocycles. The summed E-state index contributed by atoms with van der Waals surface area (Å²) in [5, 5.41) is 6.02. The van der Waals surface area contributed by atoms with E-state index >= 15 is 0 Å². The van der Waals surface area contributed by atoms with Crippen LogP contribution in [0, 0.1) is 11.6 Å². The lowest BCUT2D eigenvalue weighted by Crippen LogP contribution is -1.81. The van der Waals surface area contributed by atoms with Crippen LogP contribution in [0.5, 0.6) is 0 Å². The maximum Gasteiger partial charge on any atom is 0.168 e. The summed E-state index contributed by atoms with van der Waals surface area (Å²) in [6.45, 7) is 4.00. The van der Waals surface area contributed by atoms with Crippen molar-refractivity contribution in [3.63, 3.8) is 0 Å². The van der Waals surface area contributed by atoms with Crippen LogP contribution in [0.15, 0.2) is 30.5 Å². The van der Waals surface area contributed by atoms with Crippen molar-refractivity contribution in [3.05, 3.63) is 42.1 Å². The molecule has 0 unspecified atom stereocenters. The number of hydrogen-bond acceptors (Lipinski definition) is 1. The smallest absolute Gasteiger partial charge is 0.168 e. The lowest BCUT2D eigenvalue weighted by atomic mass is 10.1. The Morgan fingerprint density at radius 1 is 1.07 bits per heavy atom. The van der Waals surface area contributed by atoms with E-state index in [1.54, 1.807) is 0 Å². The SMILES string of the molecule is CC.Fc1ccc(-c2[nH]ncc2F)cc1. The number of nitrogens with one attached hydrogen (secondary N) is 1. The molecular formula is C11H12F2N2. The van der Waals surface area contributed by atoms with E-state index in [4.69, 9.17) is 0 Å². The maximum atomic E-state index is 12.9. The van der Waals surface area contributed by atoms with E-state index in [-0.39, 0.29) is 11.5 Å². The maximum absolute atomic E-state index is 12.9. The first-order valence-electron chi connectivity index (χ1n) is 4.72. The molecule has 0 atom stereocenters. The van der Waals surface area contributed by atoms with Gasteiger partial charge in [0.15, 0.2) is 5.82 Å². The van der Waals surface area contributed by atoms with E-state index in [9.17, 15) is 8.78 Å². The summed E-state index contributed by atoms with van der Waals surface area (Å²) < 4.78 is 25.5. The van der Waals surface area contributed by atoms with E-state index in [0.29, 0.717) is 5.56 Å². The van der Waals surface area contributed by atoms with E-state index in [2.05, 4.69) is 10.2 Å². The van der Waals surface area contributed by atoms with Gasteiger partial charge in [0.1, 0.15) is 11.5 Å². The normalized spacial score (nSPS) is 9.33. The topological polar surface area (TPSA) is 28.7 Å². The summed E-state index contributed by atoms with van der Waals surface area (Å²) in [6.07, 6.45) is 1.08. The first kappa shape index (κ1) is 11.4. The second-order valence-electron chi connectivity index (χ2n) is 2.60. The number of halogens is 2. The van der Waals surface area contributed by atoms with Crippen molar-refractivity contribution < 1.29 is 8.78 Å². The van der Waals surface area contributed by atoms with Gasteiger partial charge in [-0.25, -0.2) is 8.78 Å². The number of H-pyrrole nitrogens is 1. The summed E-state index contributed by atoms with van der Waals surface area (Å²) in [6, 6.07) is 5.53. The average Bonchev–Trinajstić information content (AvgIpc) is 2.69. The van der Waals surface area contributed by atoms with Gasteiger partial charge in [0.25, 0.3) is 0 Å². The van der Waals surface area contributed by atoms with E-state index < -0.39 is 5.82 Å². The van der Waals surface area contributed by atoms with Gasteiger partial charge in [-0.2, -0.15) is 5.10 Å². The quantitative estimate of drug-likeness (QED) is 0.767. The summed E-state index contributed by atoms with van der Waals surface area (Å²) in [5.41, 5.74) is 0.858. The lowest BCUT2D eigenvalue weighted by molar-refractivity contribution is 0.626. The molecule has 1 heterocycles. The molecule has 80 valence electrons. The molecule has 0 radical (unpaired) electrons. The zero-order valence-corrected chi connectivity index (χ0v) is 8.59. The second kappa shape index (κ2) is 5.24. The van der Waals surface area contributed by atoms with Gasteiger partial charge in [0.05, 0.1) is 6.20 Å². The fourth-order valence-electron chi connectivity index (χ4n) is 1.09. The molecule has 4 heteroatoms. The van der Waals surface area contributed by atoms with Gasteiger partial charge < -0.3 is 0 Å². The fraction of sp³-hybridized carbons (Fsp3) is 0.182. The molecular weight excluding hydrogens is 198 g/mol. The van der Waals surface area contributed by atoms with E-state index in [1.807, 2.05) is 13.8 Å². The first-order chi connectivity index (χ1) is 7.27. The van der Waals surface area contributed by atoms with Crippen molar-refractivity contribution in [2.45, 2.75) is 13.8 Å². The molecule has 2 rings (SSSR count). The van der Waals surface area contributed by atoms with Gasteiger partial charge in [0, 0.05) is 5.56 Å². The molecule has 1 aromatic carbocycles. The van der Waals surface area contributed by atoms with Crippen molar-refractivity contribution in [2.75, 3.05) is 0 Å². The fourth-order valence-corrected chi connectivity index (χ4v) is 1.09. The minimum Gasteiger partial charge on any atom is -0.275 e. The molecule has 0 fully saturated rings. The Kier molecular flexibility index (Phi) is 3.97. The van der Waals surface area contributed by atoms with Gasteiger partial charge >= 0.3 is 0 Å². The molecule has 15 heavy (non-hydrogen) atoms. The van der Waals surface area contributed by atoms with E-state index in [1.165, 1.54) is 24.3 Å². The molecule has 2 nitrogen and oxygen atoms in total. The zero-order chi connectivity index (χ0) is 11.3. The molecule has 0 aliphatic carbocycles. The Balaban J connectivity index is 0.000000531. The molecule has 2 aromatic rings. The third-order valence-electron chi connectivity index (χ3n) is 1.73.